The molecule has 1 heterocycles. The lowest BCUT2D eigenvalue weighted by molar-refractivity contribution is -0.150. The Morgan fingerprint density at radius 1 is 1.05 bits per heavy atom. The van der Waals surface area contributed by atoms with Crippen molar-refractivity contribution in [3.8, 4) is 0 Å². The van der Waals surface area contributed by atoms with Gasteiger partial charge in [0.2, 0.25) is 0 Å². The van der Waals surface area contributed by atoms with Gasteiger partial charge < -0.3 is 5.11 Å². The molecule has 2 fully saturated rings. The third-order valence-corrected chi connectivity index (χ3v) is 5.33. The zero-order valence-electron chi connectivity index (χ0n) is 12.6. The molecule has 1 aliphatic carbocycles. The second-order valence-electron chi connectivity index (χ2n) is 6.50. The van der Waals surface area contributed by atoms with Crippen molar-refractivity contribution in [1.29, 1.82) is 0 Å². The van der Waals surface area contributed by atoms with E-state index in [4.69, 9.17) is 0 Å². The number of piperidine rings is 1. The maximum absolute atomic E-state index is 11.7. The lowest BCUT2D eigenvalue weighted by Gasteiger charge is -2.51. The molecular formula is C18H25NO2. The largest absolute Gasteiger partial charge is 0.480 e. The number of hydrogen-bond donors (Lipinski definition) is 1. The molecule has 0 spiro atoms. The first-order chi connectivity index (χ1) is 10.2. The second-order valence-corrected chi connectivity index (χ2v) is 6.50. The van der Waals surface area contributed by atoms with E-state index in [0.29, 0.717) is 0 Å². The van der Waals surface area contributed by atoms with Crippen molar-refractivity contribution in [3.05, 3.63) is 35.9 Å². The van der Waals surface area contributed by atoms with E-state index < -0.39 is 5.97 Å². The fourth-order valence-corrected chi connectivity index (χ4v) is 4.33. The summed E-state index contributed by atoms with van der Waals surface area (Å²) in [5, 5.41) is 9.66. The molecule has 1 aliphatic heterocycles. The standard InChI is InChI=1S/C18H25NO2/c20-17(21)16-11-5-8-14-19(16)18(12-6-2-7-13-18)15-9-3-1-4-10-15/h1,3-4,9-10,16H,2,5-8,11-14H2,(H,20,21). The third-order valence-electron chi connectivity index (χ3n) is 5.33. The van der Waals surface area contributed by atoms with Crippen molar-refractivity contribution in [1.82, 2.24) is 4.90 Å². The molecular weight excluding hydrogens is 262 g/mol. The molecule has 1 atom stereocenters. The van der Waals surface area contributed by atoms with Crippen LogP contribution >= 0.6 is 0 Å². The Kier molecular flexibility index (Phi) is 4.29. The molecule has 1 saturated carbocycles. The molecule has 1 saturated heterocycles. The smallest absolute Gasteiger partial charge is 0.320 e. The van der Waals surface area contributed by atoms with Crippen molar-refractivity contribution in [2.45, 2.75) is 62.9 Å². The summed E-state index contributed by atoms with van der Waals surface area (Å²) in [6.45, 7) is 0.922. The molecule has 3 rings (SSSR count). The van der Waals surface area contributed by atoms with Gasteiger partial charge in [0, 0.05) is 5.54 Å². The fourth-order valence-electron chi connectivity index (χ4n) is 4.33. The highest BCUT2D eigenvalue weighted by Gasteiger charge is 2.45. The summed E-state index contributed by atoms with van der Waals surface area (Å²) in [5.41, 5.74) is 1.26. The van der Waals surface area contributed by atoms with Crippen LogP contribution in [0.5, 0.6) is 0 Å². The number of nitrogens with zero attached hydrogens (tertiary/aromatic N) is 1. The van der Waals surface area contributed by atoms with Gasteiger partial charge in [-0.2, -0.15) is 0 Å². The van der Waals surface area contributed by atoms with Gasteiger partial charge >= 0.3 is 5.97 Å². The first-order valence-electron chi connectivity index (χ1n) is 8.29. The second kappa shape index (κ2) is 6.18. The predicted octanol–water partition coefficient (Wildman–Crippen LogP) is 3.79. The Morgan fingerprint density at radius 3 is 2.43 bits per heavy atom. The van der Waals surface area contributed by atoms with E-state index in [2.05, 4.69) is 29.2 Å². The summed E-state index contributed by atoms with van der Waals surface area (Å²) < 4.78 is 0. The molecule has 21 heavy (non-hydrogen) atoms. The van der Waals surface area contributed by atoms with E-state index in [9.17, 15) is 9.90 Å². The Hall–Kier alpha value is -1.35. The summed E-state index contributed by atoms with van der Waals surface area (Å²) in [5.74, 6) is -0.643. The van der Waals surface area contributed by atoms with E-state index in [1.54, 1.807) is 0 Å². The first kappa shape index (κ1) is 14.6. The van der Waals surface area contributed by atoms with Gasteiger partial charge in [0.1, 0.15) is 6.04 Å². The normalized spacial score (nSPS) is 26.4. The van der Waals surface area contributed by atoms with Gasteiger partial charge in [-0.15, -0.1) is 0 Å². The Bertz CT molecular complexity index is 479. The zero-order chi connectivity index (χ0) is 14.7. The number of aliphatic carboxylic acids is 1. The monoisotopic (exact) mass is 287 g/mol. The molecule has 1 unspecified atom stereocenters. The maximum atomic E-state index is 11.7. The molecule has 114 valence electrons. The highest BCUT2D eigenvalue weighted by molar-refractivity contribution is 5.73. The van der Waals surface area contributed by atoms with Crippen LogP contribution in [-0.2, 0) is 10.3 Å². The molecule has 0 radical (unpaired) electrons. The van der Waals surface area contributed by atoms with Gasteiger partial charge in [0.05, 0.1) is 0 Å². The van der Waals surface area contributed by atoms with Crippen LogP contribution in [0.15, 0.2) is 30.3 Å². The van der Waals surface area contributed by atoms with Crippen molar-refractivity contribution in [3.63, 3.8) is 0 Å². The van der Waals surface area contributed by atoms with Crippen LogP contribution in [0.4, 0.5) is 0 Å². The Labute approximate surface area is 127 Å². The van der Waals surface area contributed by atoms with Gasteiger partial charge in [0.25, 0.3) is 0 Å². The van der Waals surface area contributed by atoms with Crippen molar-refractivity contribution in [2.24, 2.45) is 0 Å². The van der Waals surface area contributed by atoms with Crippen LogP contribution < -0.4 is 0 Å². The summed E-state index contributed by atoms with van der Waals surface area (Å²) >= 11 is 0. The number of benzene rings is 1. The highest BCUT2D eigenvalue weighted by atomic mass is 16.4. The molecule has 2 aliphatic rings. The minimum atomic E-state index is -0.643. The third kappa shape index (κ3) is 2.71. The number of carboxylic acids is 1. The van der Waals surface area contributed by atoms with E-state index in [-0.39, 0.29) is 11.6 Å². The summed E-state index contributed by atoms with van der Waals surface area (Å²) in [6, 6.07) is 10.3. The predicted molar refractivity (Wildman–Crippen MR) is 83.2 cm³/mol. The lowest BCUT2D eigenvalue weighted by Crippen LogP contribution is -2.57. The summed E-state index contributed by atoms with van der Waals surface area (Å²) in [6.07, 6.45) is 8.85. The molecule has 1 aromatic rings. The number of hydrogen-bond acceptors (Lipinski definition) is 2. The van der Waals surface area contributed by atoms with Crippen molar-refractivity contribution >= 4 is 5.97 Å². The van der Waals surface area contributed by atoms with Crippen LogP contribution in [-0.4, -0.2) is 28.6 Å². The summed E-state index contributed by atoms with van der Waals surface area (Å²) in [7, 11) is 0. The highest BCUT2D eigenvalue weighted by Crippen LogP contribution is 2.45. The molecule has 3 nitrogen and oxygen atoms in total. The SMILES string of the molecule is O=C(O)C1CCCCN1C1(c2ccccc2)CCCCC1. The number of rotatable bonds is 3. The van der Waals surface area contributed by atoms with Crippen LogP contribution in [0.25, 0.3) is 0 Å². The Morgan fingerprint density at radius 2 is 1.76 bits per heavy atom. The van der Waals surface area contributed by atoms with E-state index in [1.807, 2.05) is 6.07 Å². The van der Waals surface area contributed by atoms with Gasteiger partial charge in [-0.05, 0) is 37.8 Å². The molecule has 1 N–H and O–H groups in total. The van der Waals surface area contributed by atoms with Crippen molar-refractivity contribution in [2.75, 3.05) is 6.54 Å². The molecule has 0 aromatic heterocycles. The summed E-state index contributed by atoms with van der Waals surface area (Å²) in [4.78, 5) is 14.1. The van der Waals surface area contributed by atoms with Gasteiger partial charge in [-0.1, -0.05) is 56.0 Å². The molecule has 0 amide bonds. The number of carboxylic acid groups (broad SMARTS) is 1. The molecule has 1 aromatic carbocycles. The van der Waals surface area contributed by atoms with Gasteiger partial charge in [-0.3, -0.25) is 9.69 Å². The maximum Gasteiger partial charge on any atom is 0.320 e. The van der Waals surface area contributed by atoms with Crippen molar-refractivity contribution < 1.29 is 9.90 Å². The minimum absolute atomic E-state index is 0.0526. The fraction of sp³-hybridized carbons (Fsp3) is 0.611. The topological polar surface area (TPSA) is 40.5 Å². The quantitative estimate of drug-likeness (QED) is 0.919. The average Bonchev–Trinajstić information content (AvgIpc) is 2.56. The van der Waals surface area contributed by atoms with Gasteiger partial charge in [-0.25, -0.2) is 0 Å². The zero-order valence-corrected chi connectivity index (χ0v) is 12.6. The lowest BCUT2D eigenvalue weighted by atomic mass is 9.73. The van der Waals surface area contributed by atoms with Gasteiger partial charge in [0.15, 0.2) is 0 Å². The number of likely N-dealkylation sites (tertiary alicyclic amines) is 1. The molecule has 0 bridgehead atoms. The van der Waals surface area contributed by atoms with E-state index >= 15 is 0 Å². The van der Waals surface area contributed by atoms with E-state index in [0.717, 1.165) is 38.6 Å². The van der Waals surface area contributed by atoms with Crippen LogP contribution in [0.1, 0.15) is 56.9 Å². The Balaban J connectivity index is 2.00. The first-order valence-corrected chi connectivity index (χ1v) is 8.29. The minimum Gasteiger partial charge on any atom is -0.480 e. The molecule has 3 heteroatoms. The van der Waals surface area contributed by atoms with Crippen LogP contribution in [0.3, 0.4) is 0 Å². The van der Waals surface area contributed by atoms with Crippen LogP contribution in [0.2, 0.25) is 0 Å². The number of carbonyl (C=O) groups is 1. The average molecular weight is 287 g/mol. The van der Waals surface area contributed by atoms with Crippen LogP contribution in [0, 0.1) is 0 Å². The van der Waals surface area contributed by atoms with E-state index in [1.165, 1.54) is 24.8 Å².